The molecule has 0 radical (unpaired) electrons. The molecule has 0 saturated carbocycles. The number of rotatable bonds is 1. The van der Waals surface area contributed by atoms with Crippen LogP contribution in [0.15, 0.2) is 42.6 Å². The number of pyridine rings is 1. The lowest BCUT2D eigenvalue weighted by Gasteiger charge is -2.02. The topological polar surface area (TPSA) is 37.5 Å². The van der Waals surface area contributed by atoms with Gasteiger partial charge in [0.15, 0.2) is 5.15 Å². The molecule has 0 fully saturated rings. The largest absolute Gasteiger partial charge is 0.508 e. The first-order valence-corrected chi connectivity index (χ1v) is 5.66. The van der Waals surface area contributed by atoms with Gasteiger partial charge >= 0.3 is 0 Å². The van der Waals surface area contributed by atoms with E-state index in [2.05, 4.69) is 4.98 Å². The third-order valence-electron chi connectivity index (χ3n) is 2.70. The normalized spacial score (nSPS) is 11.0. The molecule has 1 aromatic carbocycles. The van der Waals surface area contributed by atoms with Crippen LogP contribution in [0.5, 0.6) is 5.75 Å². The number of imidazole rings is 1. The van der Waals surface area contributed by atoms with Crippen molar-refractivity contribution in [1.29, 1.82) is 0 Å². The van der Waals surface area contributed by atoms with Gasteiger partial charge in [0.05, 0.1) is 11.1 Å². The summed E-state index contributed by atoms with van der Waals surface area (Å²) < 4.78 is 15.4. The summed E-state index contributed by atoms with van der Waals surface area (Å²) in [5, 5.41) is 9.64. The quantitative estimate of drug-likeness (QED) is 0.729. The summed E-state index contributed by atoms with van der Waals surface area (Å²) in [5.74, 6) is 0.131. The number of hydrogen-bond acceptors (Lipinski definition) is 2. The summed E-state index contributed by atoms with van der Waals surface area (Å²) in [4.78, 5) is 4.14. The number of hydrogen-bond donors (Lipinski definition) is 1. The molecular formula is C13H8ClFN2O. The van der Waals surface area contributed by atoms with Crippen molar-refractivity contribution in [3.63, 3.8) is 0 Å². The van der Waals surface area contributed by atoms with E-state index >= 15 is 0 Å². The van der Waals surface area contributed by atoms with Gasteiger partial charge in [-0.1, -0.05) is 23.7 Å². The van der Waals surface area contributed by atoms with Gasteiger partial charge in [-0.2, -0.15) is 0 Å². The molecule has 0 unspecified atom stereocenters. The lowest BCUT2D eigenvalue weighted by atomic mass is 10.2. The van der Waals surface area contributed by atoms with Crippen LogP contribution in [0.3, 0.4) is 0 Å². The third-order valence-corrected chi connectivity index (χ3v) is 2.98. The summed E-state index contributed by atoms with van der Waals surface area (Å²) >= 11 is 5.99. The zero-order valence-electron chi connectivity index (χ0n) is 9.14. The smallest absolute Gasteiger partial charge is 0.155 e. The Hall–Kier alpha value is -2.07. The highest BCUT2D eigenvalue weighted by Gasteiger charge is 2.14. The molecule has 3 nitrogen and oxygen atoms in total. The van der Waals surface area contributed by atoms with Crippen LogP contribution in [-0.2, 0) is 0 Å². The van der Waals surface area contributed by atoms with Crippen molar-refractivity contribution in [2.24, 2.45) is 0 Å². The average molecular weight is 263 g/mol. The summed E-state index contributed by atoms with van der Waals surface area (Å²) in [6, 6.07) is 9.32. The van der Waals surface area contributed by atoms with Crippen LogP contribution >= 0.6 is 11.6 Å². The molecule has 0 amide bonds. The second kappa shape index (κ2) is 3.99. The molecule has 1 N–H and O–H groups in total. The van der Waals surface area contributed by atoms with Crippen molar-refractivity contribution in [2.75, 3.05) is 0 Å². The summed E-state index contributed by atoms with van der Waals surface area (Å²) in [5.41, 5.74) is 0.903. The molecule has 90 valence electrons. The monoisotopic (exact) mass is 262 g/mol. The SMILES string of the molecule is Oc1ccn2c(-c3ccccc3F)nc(Cl)c2c1. The minimum atomic E-state index is -0.367. The molecule has 2 heterocycles. The Morgan fingerprint density at radius 2 is 2.00 bits per heavy atom. The second-order valence-corrected chi connectivity index (χ2v) is 4.20. The van der Waals surface area contributed by atoms with Gasteiger partial charge in [-0.25, -0.2) is 9.37 Å². The molecule has 3 rings (SSSR count). The van der Waals surface area contributed by atoms with E-state index in [0.717, 1.165) is 0 Å². The minimum Gasteiger partial charge on any atom is -0.508 e. The van der Waals surface area contributed by atoms with Crippen LogP contribution in [0.4, 0.5) is 4.39 Å². The molecule has 5 heteroatoms. The molecule has 2 aromatic heterocycles. The summed E-state index contributed by atoms with van der Waals surface area (Å²) in [6.07, 6.45) is 1.60. The van der Waals surface area contributed by atoms with Crippen molar-refractivity contribution >= 4 is 17.1 Å². The number of aromatic nitrogens is 2. The molecule has 0 spiro atoms. The van der Waals surface area contributed by atoms with Gasteiger partial charge < -0.3 is 5.11 Å². The van der Waals surface area contributed by atoms with Crippen LogP contribution in [0.1, 0.15) is 0 Å². The molecule has 0 bridgehead atoms. The van der Waals surface area contributed by atoms with E-state index in [4.69, 9.17) is 11.6 Å². The van der Waals surface area contributed by atoms with Crippen molar-refractivity contribution in [1.82, 2.24) is 9.38 Å². The predicted molar refractivity (Wildman–Crippen MR) is 67.3 cm³/mol. The van der Waals surface area contributed by atoms with Crippen LogP contribution in [0.2, 0.25) is 5.15 Å². The molecule has 0 aliphatic rings. The van der Waals surface area contributed by atoms with Gasteiger partial charge in [-0.3, -0.25) is 4.40 Å². The van der Waals surface area contributed by atoms with Crippen LogP contribution in [0, 0.1) is 5.82 Å². The van der Waals surface area contributed by atoms with E-state index in [0.29, 0.717) is 16.9 Å². The Balaban J connectivity index is 2.34. The average Bonchev–Trinajstić information content (AvgIpc) is 2.67. The molecule has 0 saturated heterocycles. The highest BCUT2D eigenvalue weighted by Crippen LogP contribution is 2.29. The van der Waals surface area contributed by atoms with Gasteiger partial charge in [-0.05, 0) is 18.2 Å². The summed E-state index contributed by atoms with van der Waals surface area (Å²) in [7, 11) is 0. The predicted octanol–water partition coefficient (Wildman–Crippen LogP) is 3.50. The van der Waals surface area contributed by atoms with E-state index in [-0.39, 0.29) is 16.7 Å². The number of aromatic hydroxyl groups is 1. The van der Waals surface area contributed by atoms with Gasteiger partial charge in [0.1, 0.15) is 17.4 Å². The van der Waals surface area contributed by atoms with Crippen LogP contribution < -0.4 is 0 Å². The van der Waals surface area contributed by atoms with Crippen molar-refractivity contribution in [2.45, 2.75) is 0 Å². The van der Waals surface area contributed by atoms with Gasteiger partial charge in [0.25, 0.3) is 0 Å². The lowest BCUT2D eigenvalue weighted by molar-refractivity contribution is 0.475. The fourth-order valence-corrected chi connectivity index (χ4v) is 2.09. The Morgan fingerprint density at radius 1 is 1.22 bits per heavy atom. The molecular weight excluding hydrogens is 255 g/mol. The number of halogens is 2. The lowest BCUT2D eigenvalue weighted by Crippen LogP contribution is -1.91. The fraction of sp³-hybridized carbons (Fsp3) is 0. The van der Waals surface area contributed by atoms with Crippen LogP contribution in [-0.4, -0.2) is 14.5 Å². The zero-order chi connectivity index (χ0) is 12.7. The standard InChI is InChI=1S/C13H8ClFN2O/c14-12-11-7-8(18)5-6-17(11)13(16-12)9-3-1-2-4-10(9)15/h1-7,18H. The first kappa shape index (κ1) is 11.0. The fourth-order valence-electron chi connectivity index (χ4n) is 1.87. The molecule has 18 heavy (non-hydrogen) atoms. The molecule has 0 aliphatic heterocycles. The zero-order valence-corrected chi connectivity index (χ0v) is 9.89. The Bertz CT molecular complexity index is 739. The minimum absolute atomic E-state index is 0.0874. The van der Waals surface area contributed by atoms with E-state index in [1.807, 2.05) is 0 Å². The Kier molecular flexibility index (Phi) is 2.45. The highest BCUT2D eigenvalue weighted by atomic mass is 35.5. The maximum absolute atomic E-state index is 13.7. The second-order valence-electron chi connectivity index (χ2n) is 3.85. The van der Waals surface area contributed by atoms with Crippen molar-refractivity contribution in [3.05, 3.63) is 53.6 Å². The molecule has 0 aliphatic carbocycles. The highest BCUT2D eigenvalue weighted by molar-refractivity contribution is 6.33. The number of nitrogens with zero attached hydrogens (tertiary/aromatic N) is 2. The van der Waals surface area contributed by atoms with E-state index in [1.165, 1.54) is 18.2 Å². The third kappa shape index (κ3) is 1.62. The Labute approximate surface area is 107 Å². The Morgan fingerprint density at radius 3 is 2.78 bits per heavy atom. The number of fused-ring (bicyclic) bond motifs is 1. The molecule has 0 atom stereocenters. The number of benzene rings is 1. The van der Waals surface area contributed by atoms with Crippen LogP contribution in [0.25, 0.3) is 16.9 Å². The molecule has 3 aromatic rings. The van der Waals surface area contributed by atoms with Gasteiger partial charge in [0, 0.05) is 12.3 Å². The van der Waals surface area contributed by atoms with Gasteiger partial charge in [-0.15, -0.1) is 0 Å². The van der Waals surface area contributed by atoms with Crippen molar-refractivity contribution < 1.29 is 9.50 Å². The maximum atomic E-state index is 13.7. The maximum Gasteiger partial charge on any atom is 0.155 e. The summed E-state index contributed by atoms with van der Waals surface area (Å²) in [6.45, 7) is 0. The van der Waals surface area contributed by atoms with E-state index in [9.17, 15) is 9.50 Å². The van der Waals surface area contributed by atoms with E-state index in [1.54, 1.807) is 28.8 Å². The van der Waals surface area contributed by atoms with Crippen molar-refractivity contribution in [3.8, 4) is 17.1 Å². The van der Waals surface area contributed by atoms with E-state index < -0.39 is 0 Å². The first-order chi connectivity index (χ1) is 8.66. The first-order valence-electron chi connectivity index (χ1n) is 5.28. The van der Waals surface area contributed by atoms with Gasteiger partial charge in [0.2, 0.25) is 0 Å².